The number of hydrogen-bond donors (Lipinski definition) is 2. The van der Waals surface area contributed by atoms with Crippen molar-refractivity contribution in [2.75, 3.05) is 0 Å². The molecule has 1 aliphatic carbocycles. The Labute approximate surface area is 117 Å². The largest absolute Gasteiger partial charge is 0.325 e. The van der Waals surface area contributed by atoms with E-state index < -0.39 is 5.54 Å². The number of nitrogens with two attached hydrogens (primary N) is 1. The number of rotatable bonds is 8. The van der Waals surface area contributed by atoms with Gasteiger partial charge in [-0.1, -0.05) is 51.7 Å². The van der Waals surface area contributed by atoms with Crippen LogP contribution in [0.1, 0.15) is 65.2 Å². The standard InChI is InChI=1S/C16H28N2O/c1-3-5-12-16(17,13-6-4-2)15(19)18-14-10-8-7-9-11-14/h8,10-11H,3-7,9,12-13,17H2,1-2H3,(H,18,19). The minimum absolute atomic E-state index is 0.0211. The second kappa shape index (κ2) is 8.16. The number of hydrogen-bond acceptors (Lipinski definition) is 2. The van der Waals surface area contributed by atoms with Crippen LogP contribution in [-0.4, -0.2) is 11.4 Å². The summed E-state index contributed by atoms with van der Waals surface area (Å²) in [7, 11) is 0. The first-order chi connectivity index (χ1) is 9.12. The van der Waals surface area contributed by atoms with Crippen molar-refractivity contribution in [2.45, 2.75) is 70.8 Å². The van der Waals surface area contributed by atoms with Gasteiger partial charge in [0.1, 0.15) is 0 Å². The van der Waals surface area contributed by atoms with Crippen LogP contribution in [0.25, 0.3) is 0 Å². The van der Waals surface area contributed by atoms with Gasteiger partial charge in [-0.3, -0.25) is 4.79 Å². The van der Waals surface area contributed by atoms with Crippen LogP contribution in [0, 0.1) is 0 Å². The Kier molecular flexibility index (Phi) is 6.85. The Bertz CT molecular complexity index is 337. The molecular weight excluding hydrogens is 236 g/mol. The summed E-state index contributed by atoms with van der Waals surface area (Å²) < 4.78 is 0. The molecule has 0 saturated carbocycles. The molecule has 0 bridgehead atoms. The second-order valence-corrected chi connectivity index (χ2v) is 5.46. The van der Waals surface area contributed by atoms with Crippen LogP contribution in [-0.2, 0) is 4.79 Å². The van der Waals surface area contributed by atoms with E-state index in [1.165, 1.54) is 0 Å². The van der Waals surface area contributed by atoms with Crippen LogP contribution in [0.5, 0.6) is 0 Å². The van der Waals surface area contributed by atoms with Crippen molar-refractivity contribution in [3.05, 3.63) is 23.9 Å². The quantitative estimate of drug-likeness (QED) is 0.706. The van der Waals surface area contributed by atoms with Gasteiger partial charge in [0.05, 0.1) is 5.54 Å². The zero-order valence-corrected chi connectivity index (χ0v) is 12.4. The molecule has 1 amide bonds. The summed E-state index contributed by atoms with van der Waals surface area (Å²) in [4.78, 5) is 12.4. The average molecular weight is 264 g/mol. The van der Waals surface area contributed by atoms with Gasteiger partial charge in [-0.25, -0.2) is 0 Å². The lowest BCUT2D eigenvalue weighted by molar-refractivity contribution is -0.126. The molecule has 3 heteroatoms. The molecule has 0 aromatic carbocycles. The van der Waals surface area contributed by atoms with E-state index in [2.05, 4.69) is 31.3 Å². The maximum absolute atomic E-state index is 12.4. The normalized spacial score (nSPS) is 15.2. The number of unbranched alkanes of at least 4 members (excludes halogenated alkanes) is 2. The molecule has 108 valence electrons. The SMILES string of the molecule is CCCCC(N)(CCCC)C(=O)NC1=CCCC=C1. The number of carbonyl (C=O) groups excluding carboxylic acids is 1. The van der Waals surface area contributed by atoms with Crippen LogP contribution in [0.2, 0.25) is 0 Å². The third-order valence-electron chi connectivity index (χ3n) is 3.66. The molecule has 0 saturated heterocycles. The van der Waals surface area contributed by atoms with E-state index in [1.54, 1.807) is 0 Å². The van der Waals surface area contributed by atoms with Crippen molar-refractivity contribution in [2.24, 2.45) is 5.73 Å². The van der Waals surface area contributed by atoms with E-state index in [9.17, 15) is 4.79 Å². The molecule has 0 aromatic rings. The molecule has 1 aliphatic rings. The van der Waals surface area contributed by atoms with Gasteiger partial charge in [-0.2, -0.15) is 0 Å². The highest BCUT2D eigenvalue weighted by atomic mass is 16.2. The monoisotopic (exact) mass is 264 g/mol. The number of nitrogens with one attached hydrogen (secondary N) is 1. The molecule has 19 heavy (non-hydrogen) atoms. The summed E-state index contributed by atoms with van der Waals surface area (Å²) >= 11 is 0. The lowest BCUT2D eigenvalue weighted by Crippen LogP contribution is -2.53. The van der Waals surface area contributed by atoms with E-state index in [4.69, 9.17) is 5.73 Å². The van der Waals surface area contributed by atoms with E-state index in [-0.39, 0.29) is 5.91 Å². The smallest absolute Gasteiger partial charge is 0.244 e. The van der Waals surface area contributed by atoms with E-state index in [1.807, 2.05) is 6.08 Å². The molecule has 1 rings (SSSR count). The summed E-state index contributed by atoms with van der Waals surface area (Å²) in [6, 6.07) is 0. The number of amides is 1. The van der Waals surface area contributed by atoms with Gasteiger partial charge < -0.3 is 11.1 Å². The summed E-state index contributed by atoms with van der Waals surface area (Å²) in [5.41, 5.74) is 6.56. The summed E-state index contributed by atoms with van der Waals surface area (Å²) in [6.07, 6.45) is 13.9. The second-order valence-electron chi connectivity index (χ2n) is 5.46. The van der Waals surface area contributed by atoms with Crippen LogP contribution < -0.4 is 11.1 Å². The first kappa shape index (κ1) is 16.0. The van der Waals surface area contributed by atoms with Gasteiger partial charge in [0, 0.05) is 5.70 Å². The fourth-order valence-electron chi connectivity index (χ4n) is 2.30. The van der Waals surface area contributed by atoms with E-state index in [0.717, 1.165) is 57.1 Å². The molecule has 0 heterocycles. The van der Waals surface area contributed by atoms with Crippen molar-refractivity contribution < 1.29 is 4.79 Å². The first-order valence-corrected chi connectivity index (χ1v) is 7.59. The highest BCUT2D eigenvalue weighted by Crippen LogP contribution is 2.20. The van der Waals surface area contributed by atoms with Crippen LogP contribution >= 0.6 is 0 Å². The summed E-state index contributed by atoms with van der Waals surface area (Å²) in [5, 5.41) is 2.99. The molecule has 3 nitrogen and oxygen atoms in total. The molecule has 0 fully saturated rings. The Hall–Kier alpha value is -1.09. The zero-order chi connectivity index (χ0) is 14.1. The van der Waals surface area contributed by atoms with Gasteiger partial charge in [0.25, 0.3) is 0 Å². The van der Waals surface area contributed by atoms with Crippen molar-refractivity contribution in [1.29, 1.82) is 0 Å². The fraction of sp³-hybridized carbons (Fsp3) is 0.688. The number of carbonyl (C=O) groups is 1. The molecule has 0 aromatic heterocycles. The molecular formula is C16H28N2O. The molecule has 0 aliphatic heterocycles. The highest BCUT2D eigenvalue weighted by Gasteiger charge is 2.32. The first-order valence-electron chi connectivity index (χ1n) is 7.59. The van der Waals surface area contributed by atoms with Crippen molar-refractivity contribution in [3.8, 4) is 0 Å². The fourth-order valence-corrected chi connectivity index (χ4v) is 2.30. The van der Waals surface area contributed by atoms with Gasteiger partial charge in [-0.15, -0.1) is 0 Å². The van der Waals surface area contributed by atoms with Crippen LogP contribution in [0.3, 0.4) is 0 Å². The van der Waals surface area contributed by atoms with E-state index in [0.29, 0.717) is 0 Å². The average Bonchev–Trinajstić information content (AvgIpc) is 2.44. The molecule has 0 atom stereocenters. The van der Waals surface area contributed by atoms with Crippen LogP contribution in [0.4, 0.5) is 0 Å². The van der Waals surface area contributed by atoms with Crippen molar-refractivity contribution in [3.63, 3.8) is 0 Å². The van der Waals surface area contributed by atoms with Crippen molar-refractivity contribution >= 4 is 5.91 Å². The van der Waals surface area contributed by atoms with E-state index >= 15 is 0 Å². The highest BCUT2D eigenvalue weighted by molar-refractivity contribution is 5.87. The Morgan fingerprint density at radius 1 is 1.26 bits per heavy atom. The third kappa shape index (κ3) is 5.19. The Balaban J connectivity index is 2.64. The summed E-state index contributed by atoms with van der Waals surface area (Å²) in [6.45, 7) is 4.26. The molecule has 0 spiro atoms. The zero-order valence-electron chi connectivity index (χ0n) is 12.4. The summed E-state index contributed by atoms with van der Waals surface area (Å²) in [5.74, 6) is -0.0211. The molecule has 3 N–H and O–H groups in total. The third-order valence-corrected chi connectivity index (χ3v) is 3.66. The maximum Gasteiger partial charge on any atom is 0.244 e. The number of allylic oxidation sites excluding steroid dienone is 3. The molecule has 0 radical (unpaired) electrons. The molecule has 0 unspecified atom stereocenters. The Morgan fingerprint density at radius 3 is 2.37 bits per heavy atom. The Morgan fingerprint density at radius 2 is 1.89 bits per heavy atom. The predicted octanol–water partition coefficient (Wildman–Crippen LogP) is 3.41. The topological polar surface area (TPSA) is 55.1 Å². The van der Waals surface area contributed by atoms with Crippen molar-refractivity contribution in [1.82, 2.24) is 5.32 Å². The minimum atomic E-state index is -0.710. The predicted molar refractivity (Wildman–Crippen MR) is 80.6 cm³/mol. The lowest BCUT2D eigenvalue weighted by Gasteiger charge is -2.28. The maximum atomic E-state index is 12.4. The van der Waals surface area contributed by atoms with Gasteiger partial charge in [0.2, 0.25) is 5.91 Å². The van der Waals surface area contributed by atoms with Gasteiger partial charge >= 0.3 is 0 Å². The van der Waals surface area contributed by atoms with Gasteiger partial charge in [0.15, 0.2) is 0 Å². The lowest BCUT2D eigenvalue weighted by atomic mass is 9.87. The minimum Gasteiger partial charge on any atom is -0.325 e. The van der Waals surface area contributed by atoms with Crippen LogP contribution in [0.15, 0.2) is 23.9 Å². The van der Waals surface area contributed by atoms with Gasteiger partial charge in [-0.05, 0) is 31.8 Å².